The molecule has 0 aromatic heterocycles. The molecule has 1 aromatic carbocycles. The van der Waals surface area contributed by atoms with E-state index in [1.54, 1.807) is 14.2 Å². The first-order chi connectivity index (χ1) is 10.3. The molecule has 0 radical (unpaired) electrons. The number of carboxylic acids is 1. The standard InChI is InChI=1S/C18H26O4/c1-17(2,3)12-10-15(22-5)13(11-14(12)21-4)18(16(19)20)8-6-7-9-18/h10-11H,6-9H2,1-5H3,(H,19,20). The Labute approximate surface area is 132 Å². The van der Waals surface area contributed by atoms with Gasteiger partial charge in [-0.3, -0.25) is 4.79 Å². The van der Waals surface area contributed by atoms with E-state index in [1.165, 1.54) is 0 Å². The van der Waals surface area contributed by atoms with Gasteiger partial charge in [0.1, 0.15) is 11.5 Å². The summed E-state index contributed by atoms with van der Waals surface area (Å²) in [5.74, 6) is 0.611. The van der Waals surface area contributed by atoms with Crippen LogP contribution in [-0.2, 0) is 15.6 Å². The summed E-state index contributed by atoms with van der Waals surface area (Å²) in [6, 6.07) is 3.82. The van der Waals surface area contributed by atoms with Gasteiger partial charge in [-0.2, -0.15) is 0 Å². The van der Waals surface area contributed by atoms with Gasteiger partial charge in [0.2, 0.25) is 0 Å². The molecule has 1 fully saturated rings. The fraction of sp³-hybridized carbons (Fsp3) is 0.611. The summed E-state index contributed by atoms with van der Waals surface area (Å²) in [5.41, 5.74) is 0.803. The van der Waals surface area contributed by atoms with Crippen molar-refractivity contribution in [3.8, 4) is 11.5 Å². The van der Waals surface area contributed by atoms with Gasteiger partial charge in [-0.15, -0.1) is 0 Å². The Kier molecular flexibility index (Phi) is 4.41. The van der Waals surface area contributed by atoms with Crippen molar-refractivity contribution >= 4 is 5.97 Å². The van der Waals surface area contributed by atoms with Crippen LogP contribution in [0.15, 0.2) is 12.1 Å². The van der Waals surface area contributed by atoms with Crippen LogP contribution in [-0.4, -0.2) is 25.3 Å². The molecule has 0 spiro atoms. The Morgan fingerprint density at radius 2 is 1.64 bits per heavy atom. The van der Waals surface area contributed by atoms with Gasteiger partial charge in [0, 0.05) is 11.1 Å². The minimum Gasteiger partial charge on any atom is -0.496 e. The van der Waals surface area contributed by atoms with E-state index < -0.39 is 11.4 Å². The molecular formula is C18H26O4. The number of benzene rings is 1. The maximum atomic E-state index is 12.0. The number of rotatable bonds is 4. The number of carbonyl (C=O) groups is 1. The van der Waals surface area contributed by atoms with Crippen molar-refractivity contribution in [2.24, 2.45) is 0 Å². The quantitative estimate of drug-likeness (QED) is 0.916. The smallest absolute Gasteiger partial charge is 0.314 e. The van der Waals surface area contributed by atoms with Gasteiger partial charge in [-0.25, -0.2) is 0 Å². The zero-order valence-electron chi connectivity index (χ0n) is 14.2. The third-order valence-electron chi connectivity index (χ3n) is 4.71. The molecule has 1 N–H and O–H groups in total. The lowest BCUT2D eigenvalue weighted by Gasteiger charge is -2.30. The van der Waals surface area contributed by atoms with Gasteiger partial charge in [0.15, 0.2) is 0 Å². The highest BCUT2D eigenvalue weighted by Gasteiger charge is 2.45. The van der Waals surface area contributed by atoms with E-state index in [0.29, 0.717) is 18.6 Å². The summed E-state index contributed by atoms with van der Waals surface area (Å²) in [5, 5.41) is 9.83. The Hall–Kier alpha value is -1.71. The Bertz CT molecular complexity index is 563. The van der Waals surface area contributed by atoms with Gasteiger partial charge >= 0.3 is 5.97 Å². The number of methoxy groups -OCH3 is 2. The van der Waals surface area contributed by atoms with E-state index >= 15 is 0 Å². The van der Waals surface area contributed by atoms with Crippen LogP contribution in [0.3, 0.4) is 0 Å². The van der Waals surface area contributed by atoms with Crippen molar-refractivity contribution in [2.75, 3.05) is 14.2 Å². The molecule has 4 heteroatoms. The van der Waals surface area contributed by atoms with E-state index in [4.69, 9.17) is 9.47 Å². The Morgan fingerprint density at radius 1 is 1.09 bits per heavy atom. The lowest BCUT2D eigenvalue weighted by atomic mass is 9.76. The molecule has 0 atom stereocenters. The largest absolute Gasteiger partial charge is 0.496 e. The second-order valence-corrected chi connectivity index (χ2v) is 7.10. The highest BCUT2D eigenvalue weighted by Crippen LogP contribution is 2.48. The SMILES string of the molecule is COc1cc(C2(C(=O)O)CCCC2)c(OC)cc1C(C)(C)C. The summed E-state index contributed by atoms with van der Waals surface area (Å²) >= 11 is 0. The molecule has 0 saturated heterocycles. The van der Waals surface area contributed by atoms with Crippen LogP contribution in [0, 0.1) is 0 Å². The molecule has 122 valence electrons. The normalized spacial score (nSPS) is 17.3. The maximum Gasteiger partial charge on any atom is 0.314 e. The molecular weight excluding hydrogens is 280 g/mol. The first-order valence-corrected chi connectivity index (χ1v) is 7.76. The molecule has 0 amide bonds. The first-order valence-electron chi connectivity index (χ1n) is 7.76. The van der Waals surface area contributed by atoms with Crippen molar-refractivity contribution in [1.82, 2.24) is 0 Å². The molecule has 0 bridgehead atoms. The second-order valence-electron chi connectivity index (χ2n) is 7.10. The van der Waals surface area contributed by atoms with Crippen LogP contribution in [0.1, 0.15) is 57.6 Å². The number of hydrogen-bond donors (Lipinski definition) is 1. The second kappa shape index (κ2) is 5.82. The van der Waals surface area contributed by atoms with Crippen molar-refractivity contribution in [3.63, 3.8) is 0 Å². The Balaban J connectivity index is 2.68. The van der Waals surface area contributed by atoms with E-state index in [-0.39, 0.29) is 5.41 Å². The molecule has 4 nitrogen and oxygen atoms in total. The molecule has 1 aromatic rings. The van der Waals surface area contributed by atoms with Crippen LogP contribution in [0.5, 0.6) is 11.5 Å². The van der Waals surface area contributed by atoms with Gasteiger partial charge in [0.25, 0.3) is 0 Å². The number of aliphatic carboxylic acids is 1. The van der Waals surface area contributed by atoms with Crippen LogP contribution in [0.25, 0.3) is 0 Å². The Morgan fingerprint density at radius 3 is 2.05 bits per heavy atom. The molecule has 0 heterocycles. The maximum absolute atomic E-state index is 12.0. The zero-order valence-corrected chi connectivity index (χ0v) is 14.2. The third kappa shape index (κ3) is 2.67. The van der Waals surface area contributed by atoms with Gasteiger partial charge < -0.3 is 14.6 Å². The number of ether oxygens (including phenoxy) is 2. The van der Waals surface area contributed by atoms with Crippen molar-refractivity contribution in [3.05, 3.63) is 23.3 Å². The average molecular weight is 306 g/mol. The molecule has 1 aliphatic carbocycles. The van der Waals surface area contributed by atoms with E-state index in [1.807, 2.05) is 12.1 Å². The third-order valence-corrected chi connectivity index (χ3v) is 4.71. The lowest BCUT2D eigenvalue weighted by molar-refractivity contribution is -0.143. The summed E-state index contributed by atoms with van der Waals surface area (Å²) in [6.07, 6.45) is 3.16. The van der Waals surface area contributed by atoms with E-state index in [0.717, 1.165) is 29.7 Å². The van der Waals surface area contributed by atoms with Gasteiger partial charge in [-0.05, 0) is 30.4 Å². The molecule has 0 aliphatic heterocycles. The highest BCUT2D eigenvalue weighted by molar-refractivity contribution is 5.83. The predicted molar refractivity (Wildman–Crippen MR) is 86.0 cm³/mol. The molecule has 0 unspecified atom stereocenters. The number of carboxylic acid groups (broad SMARTS) is 1. The highest BCUT2D eigenvalue weighted by atomic mass is 16.5. The van der Waals surface area contributed by atoms with Crippen molar-refractivity contribution in [1.29, 1.82) is 0 Å². The van der Waals surface area contributed by atoms with Crippen LogP contribution in [0.4, 0.5) is 0 Å². The van der Waals surface area contributed by atoms with E-state index in [2.05, 4.69) is 20.8 Å². The molecule has 22 heavy (non-hydrogen) atoms. The fourth-order valence-corrected chi connectivity index (χ4v) is 3.43. The van der Waals surface area contributed by atoms with Gasteiger partial charge in [0.05, 0.1) is 19.6 Å². The first kappa shape index (κ1) is 16.7. The summed E-state index contributed by atoms with van der Waals surface area (Å²) in [6.45, 7) is 6.31. The van der Waals surface area contributed by atoms with Crippen LogP contribution >= 0.6 is 0 Å². The number of hydrogen-bond acceptors (Lipinski definition) is 3. The van der Waals surface area contributed by atoms with Gasteiger partial charge in [-0.1, -0.05) is 33.6 Å². The van der Waals surface area contributed by atoms with Crippen LogP contribution < -0.4 is 9.47 Å². The predicted octanol–water partition coefficient (Wildman–Crippen LogP) is 3.90. The zero-order chi connectivity index (χ0) is 16.5. The topological polar surface area (TPSA) is 55.8 Å². The summed E-state index contributed by atoms with van der Waals surface area (Å²) in [7, 11) is 3.23. The summed E-state index contributed by atoms with van der Waals surface area (Å²) < 4.78 is 11.1. The molecule has 1 saturated carbocycles. The minimum atomic E-state index is -0.852. The monoisotopic (exact) mass is 306 g/mol. The fourth-order valence-electron chi connectivity index (χ4n) is 3.43. The lowest BCUT2D eigenvalue weighted by Crippen LogP contribution is -2.33. The summed E-state index contributed by atoms with van der Waals surface area (Å²) in [4.78, 5) is 12.0. The van der Waals surface area contributed by atoms with Crippen LogP contribution in [0.2, 0.25) is 0 Å². The minimum absolute atomic E-state index is 0.108. The van der Waals surface area contributed by atoms with Crippen molar-refractivity contribution < 1.29 is 19.4 Å². The van der Waals surface area contributed by atoms with Crippen molar-refractivity contribution in [2.45, 2.75) is 57.3 Å². The van der Waals surface area contributed by atoms with E-state index in [9.17, 15) is 9.90 Å². The average Bonchev–Trinajstić information content (AvgIpc) is 2.95. The molecule has 2 rings (SSSR count). The molecule has 1 aliphatic rings.